The van der Waals surface area contributed by atoms with Gasteiger partial charge in [0.15, 0.2) is 0 Å². The standard InChI is InChI=1S/C26H33N3O2/c1-3-4-10-25(31)29-17-22-16-28(15-20-11-13-23(14-12-20)27-19(2)30)18-24(22)26(29)21-8-6-5-7-9-21/h5-9,11-14,22,24,26H,3-4,10,15-18H2,1-2H3,(H,27,30)/t22-,24-,26+/m0/s1. The number of fused-ring (bicyclic) bond motifs is 1. The number of amides is 2. The number of carbonyl (C=O) groups excluding carboxylic acids is 2. The minimum atomic E-state index is -0.0508. The fraction of sp³-hybridized carbons (Fsp3) is 0.462. The molecule has 3 atom stereocenters. The maximum atomic E-state index is 13.0. The summed E-state index contributed by atoms with van der Waals surface area (Å²) in [5, 5.41) is 2.82. The van der Waals surface area contributed by atoms with E-state index in [2.05, 4.69) is 58.4 Å². The third kappa shape index (κ3) is 4.99. The van der Waals surface area contributed by atoms with Gasteiger partial charge in [-0.2, -0.15) is 0 Å². The summed E-state index contributed by atoms with van der Waals surface area (Å²) in [6, 6.07) is 18.9. The van der Waals surface area contributed by atoms with Crippen molar-refractivity contribution >= 4 is 17.5 Å². The minimum Gasteiger partial charge on any atom is -0.335 e. The molecule has 0 unspecified atom stereocenters. The number of carbonyl (C=O) groups is 2. The monoisotopic (exact) mass is 419 g/mol. The molecule has 0 aromatic heterocycles. The van der Waals surface area contributed by atoms with Crippen LogP contribution in [-0.4, -0.2) is 41.2 Å². The Balaban J connectivity index is 1.45. The number of nitrogens with one attached hydrogen (secondary N) is 1. The van der Waals surface area contributed by atoms with Gasteiger partial charge in [0.1, 0.15) is 0 Å². The Morgan fingerprint density at radius 3 is 2.42 bits per heavy atom. The number of rotatable bonds is 7. The van der Waals surface area contributed by atoms with Gasteiger partial charge in [-0.05, 0) is 35.6 Å². The summed E-state index contributed by atoms with van der Waals surface area (Å²) in [4.78, 5) is 28.9. The minimum absolute atomic E-state index is 0.0508. The zero-order chi connectivity index (χ0) is 21.8. The molecular weight excluding hydrogens is 386 g/mol. The largest absolute Gasteiger partial charge is 0.335 e. The number of nitrogens with zero attached hydrogens (tertiary/aromatic N) is 2. The van der Waals surface area contributed by atoms with E-state index in [4.69, 9.17) is 0 Å². The summed E-state index contributed by atoms with van der Waals surface area (Å²) >= 11 is 0. The van der Waals surface area contributed by atoms with Crippen LogP contribution in [0.25, 0.3) is 0 Å². The molecule has 2 aliphatic rings. The lowest BCUT2D eigenvalue weighted by molar-refractivity contribution is -0.133. The molecule has 0 spiro atoms. The van der Waals surface area contributed by atoms with Crippen molar-refractivity contribution in [2.45, 2.75) is 45.7 Å². The van der Waals surface area contributed by atoms with Crippen molar-refractivity contribution in [2.24, 2.45) is 11.8 Å². The molecule has 0 saturated carbocycles. The van der Waals surface area contributed by atoms with E-state index in [1.807, 2.05) is 18.2 Å². The zero-order valence-corrected chi connectivity index (χ0v) is 18.6. The lowest BCUT2D eigenvalue weighted by Crippen LogP contribution is -2.35. The first-order chi connectivity index (χ1) is 15.0. The Kier molecular flexibility index (Phi) is 6.71. The van der Waals surface area contributed by atoms with Gasteiger partial charge in [-0.1, -0.05) is 55.8 Å². The number of unbranched alkanes of at least 4 members (excludes halogenated alkanes) is 1. The lowest BCUT2D eigenvalue weighted by Gasteiger charge is -2.30. The molecule has 2 aromatic carbocycles. The van der Waals surface area contributed by atoms with Gasteiger partial charge in [-0.25, -0.2) is 0 Å². The summed E-state index contributed by atoms with van der Waals surface area (Å²) in [5.74, 6) is 1.26. The first-order valence-corrected chi connectivity index (χ1v) is 11.5. The lowest BCUT2D eigenvalue weighted by atomic mass is 9.89. The summed E-state index contributed by atoms with van der Waals surface area (Å²) in [5.41, 5.74) is 3.35. The van der Waals surface area contributed by atoms with Crippen molar-refractivity contribution in [3.05, 3.63) is 65.7 Å². The highest BCUT2D eigenvalue weighted by molar-refractivity contribution is 5.88. The second-order valence-corrected chi connectivity index (χ2v) is 9.00. The molecule has 0 bridgehead atoms. The highest BCUT2D eigenvalue weighted by atomic mass is 16.2. The Morgan fingerprint density at radius 2 is 1.74 bits per heavy atom. The van der Waals surface area contributed by atoms with Gasteiger partial charge in [-0.15, -0.1) is 0 Å². The van der Waals surface area contributed by atoms with Crippen LogP contribution in [0.15, 0.2) is 54.6 Å². The second-order valence-electron chi connectivity index (χ2n) is 9.00. The fourth-order valence-corrected chi connectivity index (χ4v) is 5.23. The SMILES string of the molecule is CCCCC(=O)N1C[C@@H]2CN(Cc3ccc(NC(C)=O)cc3)C[C@@H]2[C@H]1c1ccccc1. The average Bonchev–Trinajstić information content (AvgIpc) is 3.31. The Hall–Kier alpha value is -2.66. The third-order valence-corrected chi connectivity index (χ3v) is 6.63. The third-order valence-electron chi connectivity index (χ3n) is 6.63. The first kappa shape index (κ1) is 21.6. The van der Waals surface area contributed by atoms with Gasteiger partial charge in [-0.3, -0.25) is 14.5 Å². The fourth-order valence-electron chi connectivity index (χ4n) is 5.23. The molecule has 1 N–H and O–H groups in total. The molecule has 164 valence electrons. The Bertz CT molecular complexity index is 897. The second kappa shape index (κ2) is 9.65. The van der Waals surface area contributed by atoms with Crippen LogP contribution in [0.4, 0.5) is 5.69 Å². The van der Waals surface area contributed by atoms with E-state index >= 15 is 0 Å². The van der Waals surface area contributed by atoms with Crippen molar-refractivity contribution in [3.63, 3.8) is 0 Å². The van der Waals surface area contributed by atoms with Gasteiger partial charge >= 0.3 is 0 Å². The number of likely N-dealkylation sites (tertiary alicyclic amines) is 2. The molecule has 2 aromatic rings. The van der Waals surface area contributed by atoms with Crippen LogP contribution >= 0.6 is 0 Å². The summed E-state index contributed by atoms with van der Waals surface area (Å²) < 4.78 is 0. The molecule has 5 heteroatoms. The van der Waals surface area contributed by atoms with E-state index in [1.54, 1.807) is 0 Å². The smallest absolute Gasteiger partial charge is 0.223 e. The molecule has 2 amide bonds. The predicted octanol–water partition coefficient (Wildman–Crippen LogP) is 4.47. The molecular formula is C26H33N3O2. The van der Waals surface area contributed by atoms with Crippen LogP contribution in [0.2, 0.25) is 0 Å². The van der Waals surface area contributed by atoms with E-state index < -0.39 is 0 Å². The van der Waals surface area contributed by atoms with Crippen molar-refractivity contribution in [2.75, 3.05) is 25.0 Å². The topological polar surface area (TPSA) is 52.7 Å². The maximum Gasteiger partial charge on any atom is 0.223 e. The van der Waals surface area contributed by atoms with Gasteiger partial charge in [0.25, 0.3) is 0 Å². The van der Waals surface area contributed by atoms with E-state index in [0.29, 0.717) is 24.2 Å². The van der Waals surface area contributed by atoms with Crippen LogP contribution in [0.1, 0.15) is 50.3 Å². The van der Waals surface area contributed by atoms with Gasteiger partial charge in [0, 0.05) is 51.1 Å². The quantitative estimate of drug-likeness (QED) is 0.721. The van der Waals surface area contributed by atoms with Gasteiger partial charge in [0.2, 0.25) is 11.8 Å². The summed E-state index contributed by atoms with van der Waals surface area (Å²) in [7, 11) is 0. The van der Waals surface area contributed by atoms with E-state index in [1.165, 1.54) is 18.1 Å². The molecule has 2 saturated heterocycles. The van der Waals surface area contributed by atoms with E-state index in [9.17, 15) is 9.59 Å². The van der Waals surface area contributed by atoms with Crippen LogP contribution in [0.3, 0.4) is 0 Å². The summed E-state index contributed by atoms with van der Waals surface area (Å²) in [6.45, 7) is 7.47. The number of hydrogen-bond acceptors (Lipinski definition) is 3. The highest BCUT2D eigenvalue weighted by Gasteiger charge is 2.48. The number of hydrogen-bond donors (Lipinski definition) is 1. The van der Waals surface area contributed by atoms with Crippen molar-refractivity contribution in [1.82, 2.24) is 9.80 Å². The molecule has 5 nitrogen and oxygen atoms in total. The Morgan fingerprint density at radius 1 is 1.00 bits per heavy atom. The van der Waals surface area contributed by atoms with Crippen molar-refractivity contribution in [1.29, 1.82) is 0 Å². The van der Waals surface area contributed by atoms with Gasteiger partial charge in [0.05, 0.1) is 6.04 Å². The molecule has 0 radical (unpaired) electrons. The molecule has 0 aliphatic carbocycles. The summed E-state index contributed by atoms with van der Waals surface area (Å²) in [6.07, 6.45) is 2.67. The molecule has 2 aliphatic heterocycles. The predicted molar refractivity (Wildman–Crippen MR) is 123 cm³/mol. The first-order valence-electron chi connectivity index (χ1n) is 11.5. The molecule has 2 heterocycles. The zero-order valence-electron chi connectivity index (χ0n) is 18.6. The van der Waals surface area contributed by atoms with E-state index in [0.717, 1.165) is 44.7 Å². The van der Waals surface area contributed by atoms with Crippen molar-refractivity contribution < 1.29 is 9.59 Å². The van der Waals surface area contributed by atoms with Crippen LogP contribution in [-0.2, 0) is 16.1 Å². The normalized spacial score (nSPS) is 23.0. The highest BCUT2D eigenvalue weighted by Crippen LogP contribution is 2.45. The van der Waals surface area contributed by atoms with E-state index in [-0.39, 0.29) is 11.9 Å². The van der Waals surface area contributed by atoms with Crippen LogP contribution in [0, 0.1) is 11.8 Å². The molecule has 4 rings (SSSR count). The maximum absolute atomic E-state index is 13.0. The molecule has 31 heavy (non-hydrogen) atoms. The van der Waals surface area contributed by atoms with Gasteiger partial charge < -0.3 is 10.2 Å². The number of anilines is 1. The molecule has 2 fully saturated rings. The Labute approximate surface area is 185 Å². The van der Waals surface area contributed by atoms with Crippen molar-refractivity contribution in [3.8, 4) is 0 Å². The van der Waals surface area contributed by atoms with Crippen LogP contribution < -0.4 is 5.32 Å². The number of benzene rings is 2. The van der Waals surface area contributed by atoms with Crippen LogP contribution in [0.5, 0.6) is 0 Å². The average molecular weight is 420 g/mol.